The van der Waals surface area contributed by atoms with Crippen LogP contribution in [0.15, 0.2) is 54.7 Å². The van der Waals surface area contributed by atoms with Gasteiger partial charge in [0.15, 0.2) is 0 Å². The zero-order valence-corrected chi connectivity index (χ0v) is 25.4. The zero-order valence-electron chi connectivity index (χ0n) is 25.4. The summed E-state index contributed by atoms with van der Waals surface area (Å²) in [6.45, 7) is 30.4. The number of benzene rings is 1. The molecule has 1 aliphatic rings. The Morgan fingerprint density at radius 1 is 1.14 bits per heavy atom. The van der Waals surface area contributed by atoms with E-state index in [1.807, 2.05) is 20.8 Å². The van der Waals surface area contributed by atoms with Crippen LogP contribution in [0.1, 0.15) is 137 Å². The smallest absolute Gasteiger partial charge is 0.00475 e. The Kier molecular flexibility index (Phi) is 16.2. The maximum atomic E-state index is 4.69. The van der Waals surface area contributed by atoms with E-state index < -0.39 is 0 Å². The molecule has 0 radical (unpaired) electrons. The fourth-order valence-corrected chi connectivity index (χ4v) is 5.64. The van der Waals surface area contributed by atoms with E-state index in [1.165, 1.54) is 74.5 Å². The molecule has 0 fully saturated rings. The van der Waals surface area contributed by atoms with Gasteiger partial charge in [0.05, 0.1) is 0 Å². The van der Waals surface area contributed by atoms with Crippen LogP contribution in [0.25, 0.3) is 0 Å². The molecule has 0 aliphatic heterocycles. The quantitative estimate of drug-likeness (QED) is 0.276. The van der Waals surface area contributed by atoms with Gasteiger partial charge in [0.25, 0.3) is 0 Å². The average Bonchev–Trinajstić information content (AvgIpc) is 2.83. The van der Waals surface area contributed by atoms with E-state index in [4.69, 9.17) is 0 Å². The SMILES string of the molecule is C=C(CCCC)C(C)(Cc1ccc2c(c1)CCCC2(C)C)C(CCC)C/C(C)=C/C.C=CC.CC. The van der Waals surface area contributed by atoms with Crippen molar-refractivity contribution in [3.8, 4) is 0 Å². The molecule has 35 heavy (non-hydrogen) atoms. The van der Waals surface area contributed by atoms with E-state index in [1.54, 1.807) is 17.2 Å². The molecule has 0 saturated carbocycles. The van der Waals surface area contributed by atoms with Crippen LogP contribution < -0.4 is 0 Å². The van der Waals surface area contributed by atoms with Crippen molar-refractivity contribution in [2.24, 2.45) is 11.3 Å². The maximum Gasteiger partial charge on any atom is -0.00475 e. The van der Waals surface area contributed by atoms with E-state index in [-0.39, 0.29) is 5.41 Å². The number of hydrogen-bond donors (Lipinski definition) is 0. The largest absolute Gasteiger partial charge is 0.103 e. The molecule has 2 unspecified atom stereocenters. The molecule has 0 aromatic heterocycles. The molecule has 200 valence electrons. The molecule has 2 atom stereocenters. The van der Waals surface area contributed by atoms with Crippen LogP contribution in [0.3, 0.4) is 0 Å². The predicted molar refractivity (Wildman–Crippen MR) is 163 cm³/mol. The Morgan fingerprint density at radius 3 is 2.31 bits per heavy atom. The molecule has 0 spiro atoms. The number of fused-ring (bicyclic) bond motifs is 1. The third kappa shape index (κ3) is 10.1. The maximum absolute atomic E-state index is 4.69. The summed E-state index contributed by atoms with van der Waals surface area (Å²) in [7, 11) is 0. The summed E-state index contributed by atoms with van der Waals surface area (Å²) < 4.78 is 0. The monoisotopic (exact) mass is 480 g/mol. The number of aryl methyl sites for hydroxylation is 1. The highest BCUT2D eigenvalue weighted by Crippen LogP contribution is 2.46. The number of unbranched alkanes of at least 4 members (excludes halogenated alkanes) is 1. The summed E-state index contributed by atoms with van der Waals surface area (Å²) in [6, 6.07) is 7.43. The first-order valence-corrected chi connectivity index (χ1v) is 14.6. The van der Waals surface area contributed by atoms with Gasteiger partial charge in [-0.05, 0) is 106 Å². The first-order chi connectivity index (χ1) is 16.6. The minimum absolute atomic E-state index is 0.161. The molecule has 0 amide bonds. The second kappa shape index (κ2) is 17.0. The van der Waals surface area contributed by atoms with E-state index in [0.717, 1.165) is 6.42 Å². The van der Waals surface area contributed by atoms with Gasteiger partial charge in [0, 0.05) is 0 Å². The van der Waals surface area contributed by atoms with Crippen molar-refractivity contribution in [2.45, 2.75) is 139 Å². The molecule has 1 aromatic rings. The third-order valence-corrected chi connectivity index (χ3v) is 7.96. The van der Waals surface area contributed by atoms with Crippen LogP contribution >= 0.6 is 0 Å². The van der Waals surface area contributed by atoms with Crippen molar-refractivity contribution in [1.29, 1.82) is 0 Å². The van der Waals surface area contributed by atoms with Crippen molar-refractivity contribution in [1.82, 2.24) is 0 Å². The second-order valence-corrected chi connectivity index (χ2v) is 11.3. The van der Waals surface area contributed by atoms with E-state index >= 15 is 0 Å². The summed E-state index contributed by atoms with van der Waals surface area (Å²) in [4.78, 5) is 0. The van der Waals surface area contributed by atoms with Crippen molar-refractivity contribution >= 4 is 0 Å². The summed E-state index contributed by atoms with van der Waals surface area (Å²) in [6.07, 6.45) is 16.5. The third-order valence-electron chi connectivity index (χ3n) is 7.96. The Bertz CT molecular complexity index is 775. The molecule has 0 bridgehead atoms. The summed E-state index contributed by atoms with van der Waals surface area (Å²) in [5.74, 6) is 0.663. The van der Waals surface area contributed by atoms with E-state index in [9.17, 15) is 0 Å². The average molecular weight is 481 g/mol. The highest BCUT2D eigenvalue weighted by molar-refractivity contribution is 5.39. The topological polar surface area (TPSA) is 0 Å². The standard InChI is InChI=1S/C30H48.C3H6.C2H6/c1-9-12-15-24(5)30(8,27(14-10-2)20-23(4)11-3)22-25-17-18-28-26(21-25)16-13-19-29(28,6)7;1-3-2;1-2/h11,17-18,21,27H,5,9-10,12-16,19-20,22H2,1-4,6-8H3;3H,1H2,2H3;1-2H3/b23-11+;;. The lowest BCUT2D eigenvalue weighted by Crippen LogP contribution is -2.32. The van der Waals surface area contributed by atoms with Crippen LogP contribution in [0.5, 0.6) is 0 Å². The molecule has 2 rings (SSSR count). The molecule has 0 nitrogen and oxygen atoms in total. The fraction of sp³-hybridized carbons (Fsp3) is 0.657. The highest BCUT2D eigenvalue weighted by atomic mass is 14.4. The normalized spacial score (nSPS) is 16.9. The predicted octanol–water partition coefficient (Wildman–Crippen LogP) is 11.6. The lowest BCUT2D eigenvalue weighted by molar-refractivity contribution is 0.210. The number of allylic oxidation sites excluding steroid dienone is 4. The Morgan fingerprint density at radius 2 is 1.77 bits per heavy atom. The van der Waals surface area contributed by atoms with Gasteiger partial charge in [-0.2, -0.15) is 0 Å². The van der Waals surface area contributed by atoms with Gasteiger partial charge in [0.1, 0.15) is 0 Å². The molecule has 1 aliphatic carbocycles. The van der Waals surface area contributed by atoms with Crippen molar-refractivity contribution in [2.75, 3.05) is 0 Å². The van der Waals surface area contributed by atoms with Crippen LogP contribution in [0, 0.1) is 11.3 Å². The summed E-state index contributed by atoms with van der Waals surface area (Å²) in [5, 5.41) is 0. The van der Waals surface area contributed by atoms with Crippen LogP contribution in [-0.4, -0.2) is 0 Å². The van der Waals surface area contributed by atoms with Gasteiger partial charge in [-0.25, -0.2) is 0 Å². The first-order valence-electron chi connectivity index (χ1n) is 14.6. The van der Waals surface area contributed by atoms with Gasteiger partial charge < -0.3 is 0 Å². The minimum Gasteiger partial charge on any atom is -0.103 e. The molecule has 0 N–H and O–H groups in total. The second-order valence-electron chi connectivity index (χ2n) is 11.3. The van der Waals surface area contributed by atoms with Crippen LogP contribution in [0.4, 0.5) is 0 Å². The number of hydrogen-bond acceptors (Lipinski definition) is 0. The highest BCUT2D eigenvalue weighted by Gasteiger charge is 2.36. The fourth-order valence-electron chi connectivity index (χ4n) is 5.64. The minimum atomic E-state index is 0.161. The molecule has 0 saturated heterocycles. The molecular weight excluding hydrogens is 420 g/mol. The van der Waals surface area contributed by atoms with Crippen LogP contribution in [0.2, 0.25) is 0 Å². The van der Waals surface area contributed by atoms with Crippen molar-refractivity contribution in [3.05, 3.63) is 71.3 Å². The molecule has 0 heterocycles. The van der Waals surface area contributed by atoms with Crippen molar-refractivity contribution in [3.63, 3.8) is 0 Å². The summed E-state index contributed by atoms with van der Waals surface area (Å²) >= 11 is 0. The van der Waals surface area contributed by atoms with E-state index in [0.29, 0.717) is 11.3 Å². The Labute approximate surface area is 221 Å². The Hall–Kier alpha value is -1.56. The lowest BCUT2D eigenvalue weighted by Gasteiger charge is -2.41. The van der Waals surface area contributed by atoms with Gasteiger partial charge in [-0.3, -0.25) is 0 Å². The molecule has 1 aromatic carbocycles. The first kappa shape index (κ1) is 33.4. The van der Waals surface area contributed by atoms with E-state index in [2.05, 4.69) is 85.9 Å². The van der Waals surface area contributed by atoms with Gasteiger partial charge >= 0.3 is 0 Å². The number of rotatable bonds is 11. The molecule has 0 heteroatoms. The van der Waals surface area contributed by atoms with Gasteiger partial charge in [-0.15, -0.1) is 6.58 Å². The van der Waals surface area contributed by atoms with Crippen molar-refractivity contribution < 1.29 is 0 Å². The van der Waals surface area contributed by atoms with Crippen LogP contribution in [-0.2, 0) is 18.3 Å². The van der Waals surface area contributed by atoms with Gasteiger partial charge in [-0.1, -0.05) is 109 Å². The Balaban J connectivity index is 0.00000214. The molecular formula is C35H60. The lowest BCUT2D eigenvalue weighted by atomic mass is 9.63. The summed E-state index contributed by atoms with van der Waals surface area (Å²) in [5.41, 5.74) is 8.19. The zero-order chi connectivity index (χ0) is 27.1. The van der Waals surface area contributed by atoms with Gasteiger partial charge in [0.2, 0.25) is 0 Å².